The summed E-state index contributed by atoms with van der Waals surface area (Å²) in [6, 6.07) is 9.63. The molecule has 3 nitrogen and oxygen atoms in total. The van der Waals surface area contributed by atoms with E-state index in [1.807, 2.05) is 42.7 Å². The smallest absolute Gasteiger partial charge is 0.137 e. The molecule has 0 atom stereocenters. The number of benzene rings is 1. The molecule has 1 heterocycles. The van der Waals surface area contributed by atoms with E-state index in [0.717, 1.165) is 17.1 Å². The third-order valence-electron chi connectivity index (χ3n) is 2.95. The van der Waals surface area contributed by atoms with Gasteiger partial charge in [-0.2, -0.15) is 5.26 Å². The van der Waals surface area contributed by atoms with Gasteiger partial charge in [0.05, 0.1) is 17.7 Å². The molecule has 1 aromatic heterocycles. The summed E-state index contributed by atoms with van der Waals surface area (Å²) >= 11 is 6.12. The van der Waals surface area contributed by atoms with Crippen LogP contribution in [0, 0.1) is 25.2 Å². The van der Waals surface area contributed by atoms with Crippen molar-refractivity contribution >= 4 is 11.6 Å². The minimum absolute atomic E-state index is 0.556. The van der Waals surface area contributed by atoms with Crippen LogP contribution in [0.1, 0.15) is 17.0 Å². The Morgan fingerprint density at radius 2 is 2.00 bits per heavy atom. The molecule has 0 N–H and O–H groups in total. The molecule has 0 saturated carbocycles. The molecule has 1 aromatic carbocycles. The highest BCUT2D eigenvalue weighted by Gasteiger charge is 2.11. The highest BCUT2D eigenvalue weighted by atomic mass is 35.5. The predicted octanol–water partition coefficient (Wildman–Crippen LogP) is 3.63. The number of methoxy groups -OCH3 is 1. The lowest BCUT2D eigenvalue weighted by molar-refractivity contribution is 0.415. The lowest BCUT2D eigenvalue weighted by Gasteiger charge is -2.11. The first kappa shape index (κ1) is 12.5. The molecule has 2 aromatic rings. The minimum atomic E-state index is 0.556. The summed E-state index contributed by atoms with van der Waals surface area (Å²) < 4.78 is 7.13. The lowest BCUT2D eigenvalue weighted by Crippen LogP contribution is -1.99. The SMILES string of the molecule is COc1ccc(-n2c(C)cc(C#N)c2C)cc1Cl. The summed E-state index contributed by atoms with van der Waals surface area (Å²) in [5, 5.41) is 9.59. The first-order valence-corrected chi connectivity index (χ1v) is 5.89. The number of aryl methyl sites for hydroxylation is 1. The number of hydrogen-bond acceptors (Lipinski definition) is 2. The van der Waals surface area contributed by atoms with Gasteiger partial charge in [-0.1, -0.05) is 11.6 Å². The number of ether oxygens (including phenoxy) is 1. The molecule has 92 valence electrons. The molecule has 0 fully saturated rings. The lowest BCUT2D eigenvalue weighted by atomic mass is 10.2. The van der Waals surface area contributed by atoms with Gasteiger partial charge >= 0.3 is 0 Å². The first-order chi connectivity index (χ1) is 8.58. The molecule has 0 spiro atoms. The predicted molar refractivity (Wildman–Crippen MR) is 71.5 cm³/mol. The molecular weight excluding hydrogens is 248 g/mol. The quantitative estimate of drug-likeness (QED) is 0.827. The van der Waals surface area contributed by atoms with Crippen molar-refractivity contribution in [2.45, 2.75) is 13.8 Å². The second kappa shape index (κ2) is 4.75. The van der Waals surface area contributed by atoms with Gasteiger partial charge in [-0.05, 0) is 38.1 Å². The van der Waals surface area contributed by atoms with Gasteiger partial charge in [0.1, 0.15) is 11.8 Å². The maximum absolute atomic E-state index is 9.03. The van der Waals surface area contributed by atoms with Crippen LogP contribution in [-0.2, 0) is 0 Å². The summed E-state index contributed by atoms with van der Waals surface area (Å²) in [4.78, 5) is 0. The number of aromatic nitrogens is 1. The van der Waals surface area contributed by atoms with Crippen molar-refractivity contribution in [3.8, 4) is 17.5 Å². The van der Waals surface area contributed by atoms with E-state index < -0.39 is 0 Å². The van der Waals surface area contributed by atoms with Crippen LogP contribution >= 0.6 is 11.6 Å². The van der Waals surface area contributed by atoms with E-state index in [-0.39, 0.29) is 0 Å². The number of nitriles is 1. The third kappa shape index (κ3) is 1.96. The van der Waals surface area contributed by atoms with Gasteiger partial charge in [0, 0.05) is 17.1 Å². The van der Waals surface area contributed by atoms with Gasteiger partial charge in [0.2, 0.25) is 0 Å². The highest BCUT2D eigenvalue weighted by molar-refractivity contribution is 6.32. The minimum Gasteiger partial charge on any atom is -0.495 e. The summed E-state index contributed by atoms with van der Waals surface area (Å²) in [5.41, 5.74) is 3.53. The van der Waals surface area contributed by atoms with Crippen molar-refractivity contribution in [3.63, 3.8) is 0 Å². The zero-order chi connectivity index (χ0) is 13.3. The third-order valence-corrected chi connectivity index (χ3v) is 3.24. The van der Waals surface area contributed by atoms with Crippen LogP contribution in [0.4, 0.5) is 0 Å². The van der Waals surface area contributed by atoms with Gasteiger partial charge in [-0.25, -0.2) is 0 Å². The van der Waals surface area contributed by atoms with E-state index in [0.29, 0.717) is 16.3 Å². The zero-order valence-electron chi connectivity index (χ0n) is 10.5. The Bertz CT molecular complexity index is 638. The van der Waals surface area contributed by atoms with Crippen LogP contribution in [0.15, 0.2) is 24.3 Å². The molecule has 0 unspecified atom stereocenters. The fourth-order valence-electron chi connectivity index (χ4n) is 2.07. The highest BCUT2D eigenvalue weighted by Crippen LogP contribution is 2.28. The molecule has 0 aliphatic carbocycles. The summed E-state index contributed by atoms with van der Waals surface area (Å²) in [5.74, 6) is 0.642. The largest absolute Gasteiger partial charge is 0.495 e. The van der Waals surface area contributed by atoms with Crippen LogP contribution in [0.25, 0.3) is 5.69 Å². The van der Waals surface area contributed by atoms with Crippen LogP contribution in [0.3, 0.4) is 0 Å². The van der Waals surface area contributed by atoms with E-state index >= 15 is 0 Å². The van der Waals surface area contributed by atoms with Crippen LogP contribution in [-0.4, -0.2) is 11.7 Å². The molecule has 0 bridgehead atoms. The van der Waals surface area contributed by atoms with E-state index in [4.69, 9.17) is 21.6 Å². The van der Waals surface area contributed by atoms with Crippen molar-refractivity contribution in [3.05, 3.63) is 46.2 Å². The monoisotopic (exact) mass is 260 g/mol. The Labute approximate surface area is 111 Å². The van der Waals surface area contributed by atoms with Crippen molar-refractivity contribution in [2.24, 2.45) is 0 Å². The molecule has 2 rings (SSSR count). The van der Waals surface area contributed by atoms with E-state index in [2.05, 4.69) is 6.07 Å². The van der Waals surface area contributed by atoms with Crippen LogP contribution < -0.4 is 4.74 Å². The van der Waals surface area contributed by atoms with Gasteiger partial charge in [0.25, 0.3) is 0 Å². The van der Waals surface area contributed by atoms with E-state index in [9.17, 15) is 0 Å². The number of hydrogen-bond donors (Lipinski definition) is 0. The topological polar surface area (TPSA) is 38.0 Å². The summed E-state index contributed by atoms with van der Waals surface area (Å²) in [7, 11) is 1.58. The fraction of sp³-hybridized carbons (Fsp3) is 0.214. The molecule has 0 saturated heterocycles. The molecular formula is C14H13ClN2O. The maximum atomic E-state index is 9.03. The summed E-state index contributed by atoms with van der Waals surface area (Å²) in [6.07, 6.45) is 0. The van der Waals surface area contributed by atoms with Crippen LogP contribution in [0.5, 0.6) is 5.75 Å². The van der Waals surface area contributed by atoms with Gasteiger partial charge in [0.15, 0.2) is 0 Å². The molecule has 0 aliphatic rings. The van der Waals surface area contributed by atoms with Crippen molar-refractivity contribution in [1.29, 1.82) is 5.26 Å². The Morgan fingerprint density at radius 3 is 2.50 bits per heavy atom. The van der Waals surface area contributed by atoms with E-state index in [1.54, 1.807) is 7.11 Å². The second-order valence-corrected chi connectivity index (χ2v) is 4.46. The van der Waals surface area contributed by atoms with Gasteiger partial charge in [-0.15, -0.1) is 0 Å². The molecule has 0 amide bonds. The average Bonchev–Trinajstić information content (AvgIpc) is 2.64. The second-order valence-electron chi connectivity index (χ2n) is 4.05. The standard InChI is InChI=1S/C14H13ClN2O/c1-9-6-11(8-16)10(2)17(9)12-4-5-14(18-3)13(15)7-12/h4-7H,1-3H3. The number of nitrogens with zero attached hydrogens (tertiary/aromatic N) is 2. The normalized spacial score (nSPS) is 10.2. The maximum Gasteiger partial charge on any atom is 0.137 e. The van der Waals surface area contributed by atoms with Gasteiger partial charge in [-0.3, -0.25) is 0 Å². The molecule has 18 heavy (non-hydrogen) atoms. The average molecular weight is 261 g/mol. The fourth-order valence-corrected chi connectivity index (χ4v) is 2.32. The van der Waals surface area contributed by atoms with Crippen LogP contribution in [0.2, 0.25) is 5.02 Å². The van der Waals surface area contributed by atoms with E-state index in [1.165, 1.54) is 0 Å². The molecule has 0 aliphatic heterocycles. The Morgan fingerprint density at radius 1 is 1.28 bits per heavy atom. The number of rotatable bonds is 2. The van der Waals surface area contributed by atoms with Crippen molar-refractivity contribution < 1.29 is 4.74 Å². The summed E-state index contributed by atoms with van der Waals surface area (Å²) in [6.45, 7) is 3.88. The Kier molecular flexibility index (Phi) is 3.31. The number of halogens is 1. The Balaban J connectivity index is 2.60. The van der Waals surface area contributed by atoms with Gasteiger partial charge < -0.3 is 9.30 Å². The zero-order valence-corrected chi connectivity index (χ0v) is 11.2. The van der Waals surface area contributed by atoms with Crippen molar-refractivity contribution in [1.82, 2.24) is 4.57 Å². The molecule has 0 radical (unpaired) electrons. The Hall–Kier alpha value is -1.92. The van der Waals surface area contributed by atoms with Crippen molar-refractivity contribution in [2.75, 3.05) is 7.11 Å². The first-order valence-electron chi connectivity index (χ1n) is 5.51. The molecule has 4 heteroatoms.